The monoisotopic (exact) mass is 355 g/mol. The van der Waals surface area contributed by atoms with Crippen molar-refractivity contribution in [2.45, 2.75) is 31.3 Å². The molecule has 1 fully saturated rings. The Labute approximate surface area is 147 Å². The quantitative estimate of drug-likeness (QED) is 0.842. The minimum absolute atomic E-state index is 0.149. The van der Waals surface area contributed by atoms with Crippen LogP contribution < -0.4 is 5.32 Å². The number of halogens is 1. The lowest BCUT2D eigenvalue weighted by Crippen LogP contribution is -2.46. The van der Waals surface area contributed by atoms with Crippen LogP contribution in [0.5, 0.6) is 0 Å². The van der Waals surface area contributed by atoms with Gasteiger partial charge >= 0.3 is 6.03 Å². The van der Waals surface area contributed by atoms with E-state index in [2.05, 4.69) is 5.32 Å². The average molecular weight is 355 g/mol. The average Bonchev–Trinajstić information content (AvgIpc) is 3.17. The number of urea groups is 1. The van der Waals surface area contributed by atoms with E-state index in [1.807, 2.05) is 17.5 Å². The third kappa shape index (κ3) is 2.33. The summed E-state index contributed by atoms with van der Waals surface area (Å²) in [7, 11) is 0. The van der Waals surface area contributed by atoms with E-state index in [1.165, 1.54) is 12.1 Å². The third-order valence-electron chi connectivity index (χ3n) is 4.85. The summed E-state index contributed by atoms with van der Waals surface area (Å²) in [6.07, 6.45) is 2.27. The Morgan fingerprint density at radius 1 is 1.36 bits per heavy atom. The van der Waals surface area contributed by atoms with E-state index in [-0.39, 0.29) is 23.6 Å². The number of benzene rings is 1. The minimum atomic E-state index is -1.02. The molecule has 1 aromatic heterocycles. The molecule has 126 valence electrons. The summed E-state index contributed by atoms with van der Waals surface area (Å²) in [4.78, 5) is 27.7. The van der Waals surface area contributed by atoms with Crippen LogP contribution in [-0.2, 0) is 23.3 Å². The van der Waals surface area contributed by atoms with Crippen LogP contribution >= 0.6 is 11.3 Å². The summed E-state index contributed by atoms with van der Waals surface area (Å²) < 4.78 is 14.1. The Hall–Kier alpha value is -2.72. The summed E-state index contributed by atoms with van der Waals surface area (Å²) in [5.74, 6) is -0.930. The minimum Gasteiger partial charge on any atom is -0.319 e. The molecule has 0 saturated carbocycles. The molecule has 2 aromatic rings. The third-order valence-corrected chi connectivity index (χ3v) is 5.83. The van der Waals surface area contributed by atoms with E-state index in [4.69, 9.17) is 5.26 Å². The SMILES string of the molecule is N#Cc1ccc(CN2C(=O)NC3(CCCc4sccc43)C2=O)c(F)c1. The molecule has 1 aromatic carbocycles. The Morgan fingerprint density at radius 3 is 2.96 bits per heavy atom. The Balaban J connectivity index is 1.67. The van der Waals surface area contributed by atoms with Crippen molar-refractivity contribution in [2.75, 3.05) is 0 Å². The lowest BCUT2D eigenvalue weighted by atomic mass is 9.80. The number of fused-ring (bicyclic) bond motifs is 2. The van der Waals surface area contributed by atoms with E-state index in [9.17, 15) is 14.0 Å². The molecule has 25 heavy (non-hydrogen) atoms. The van der Waals surface area contributed by atoms with Crippen molar-refractivity contribution < 1.29 is 14.0 Å². The van der Waals surface area contributed by atoms with Gasteiger partial charge in [-0.25, -0.2) is 9.18 Å². The normalized spacial score (nSPS) is 22.0. The number of rotatable bonds is 2. The summed E-state index contributed by atoms with van der Waals surface area (Å²) >= 11 is 1.59. The Morgan fingerprint density at radius 2 is 2.20 bits per heavy atom. The smallest absolute Gasteiger partial charge is 0.319 e. The number of carbonyl (C=O) groups excluding carboxylic acids is 2. The molecule has 0 radical (unpaired) electrons. The van der Waals surface area contributed by atoms with Gasteiger partial charge in [-0.1, -0.05) is 6.07 Å². The highest BCUT2D eigenvalue weighted by molar-refractivity contribution is 7.10. The van der Waals surface area contributed by atoms with Gasteiger partial charge in [-0.15, -0.1) is 11.3 Å². The molecule has 1 aliphatic carbocycles. The number of nitriles is 1. The van der Waals surface area contributed by atoms with Gasteiger partial charge in [-0.05, 0) is 42.8 Å². The maximum Gasteiger partial charge on any atom is 0.325 e. The molecule has 1 unspecified atom stereocenters. The molecule has 2 aliphatic rings. The number of amides is 3. The van der Waals surface area contributed by atoms with Gasteiger partial charge in [0, 0.05) is 16.0 Å². The number of hydrogen-bond donors (Lipinski definition) is 1. The van der Waals surface area contributed by atoms with Crippen LogP contribution in [-0.4, -0.2) is 16.8 Å². The fourth-order valence-electron chi connectivity index (χ4n) is 3.60. The van der Waals surface area contributed by atoms with Gasteiger partial charge in [-0.2, -0.15) is 5.26 Å². The van der Waals surface area contributed by atoms with E-state index < -0.39 is 17.4 Å². The van der Waals surface area contributed by atoms with Crippen molar-refractivity contribution in [2.24, 2.45) is 0 Å². The van der Waals surface area contributed by atoms with Gasteiger partial charge in [0.15, 0.2) is 0 Å². The van der Waals surface area contributed by atoms with E-state index in [0.717, 1.165) is 34.2 Å². The Bertz CT molecular complexity index is 933. The molecule has 3 amide bonds. The summed E-state index contributed by atoms with van der Waals surface area (Å²) in [5.41, 5.74) is 0.254. The predicted molar refractivity (Wildman–Crippen MR) is 89.1 cm³/mol. The van der Waals surface area contributed by atoms with Crippen LogP contribution in [0, 0.1) is 17.1 Å². The standard InChI is InChI=1S/C18H14FN3O2S/c19-14-8-11(9-20)3-4-12(14)10-22-16(23)18(21-17(22)24)6-1-2-15-13(18)5-7-25-15/h3-5,7-8H,1-2,6,10H2,(H,21,24). The molecule has 0 bridgehead atoms. The maximum atomic E-state index is 14.1. The van der Waals surface area contributed by atoms with E-state index in [1.54, 1.807) is 11.3 Å². The zero-order valence-corrected chi connectivity index (χ0v) is 14.0. The molecule has 5 nitrogen and oxygen atoms in total. The van der Waals surface area contributed by atoms with Gasteiger partial charge in [0.1, 0.15) is 11.4 Å². The first kappa shape index (κ1) is 15.8. The number of imide groups is 1. The second-order valence-corrected chi connectivity index (χ2v) is 7.26. The largest absolute Gasteiger partial charge is 0.325 e. The number of aryl methyl sites for hydroxylation is 1. The molecule has 1 N–H and O–H groups in total. The maximum absolute atomic E-state index is 14.1. The van der Waals surface area contributed by atoms with Crippen LogP contribution in [0.4, 0.5) is 9.18 Å². The number of hydrogen-bond acceptors (Lipinski definition) is 4. The molecule has 1 atom stereocenters. The Kier molecular flexibility index (Phi) is 3.58. The summed E-state index contributed by atoms with van der Waals surface area (Å²) in [6.45, 7) is -0.149. The van der Waals surface area contributed by atoms with Crippen molar-refractivity contribution in [3.63, 3.8) is 0 Å². The highest BCUT2D eigenvalue weighted by atomic mass is 32.1. The lowest BCUT2D eigenvalue weighted by Gasteiger charge is -2.31. The van der Waals surface area contributed by atoms with Crippen molar-refractivity contribution in [1.82, 2.24) is 10.2 Å². The molecular weight excluding hydrogens is 341 g/mol. The molecule has 1 aliphatic heterocycles. The number of nitrogens with one attached hydrogen (secondary N) is 1. The summed E-state index contributed by atoms with van der Waals surface area (Å²) in [6, 6.07) is 7.28. The van der Waals surface area contributed by atoms with Gasteiger partial charge in [-0.3, -0.25) is 9.69 Å². The summed E-state index contributed by atoms with van der Waals surface area (Å²) in [5, 5.41) is 13.6. The first-order valence-electron chi connectivity index (χ1n) is 7.94. The fourth-order valence-corrected chi connectivity index (χ4v) is 4.60. The van der Waals surface area contributed by atoms with Gasteiger partial charge in [0.2, 0.25) is 0 Å². The molecule has 4 rings (SSSR count). The number of thiophene rings is 1. The second-order valence-electron chi connectivity index (χ2n) is 6.26. The van der Waals surface area contributed by atoms with Crippen LogP contribution in [0.1, 0.15) is 34.4 Å². The molecular formula is C18H14FN3O2S. The molecule has 1 spiro atoms. The van der Waals surface area contributed by atoms with E-state index >= 15 is 0 Å². The van der Waals surface area contributed by atoms with Crippen LogP contribution in [0.25, 0.3) is 0 Å². The predicted octanol–water partition coefficient (Wildman–Crippen LogP) is 3.04. The second kappa shape index (κ2) is 5.67. The molecule has 7 heteroatoms. The number of nitrogens with zero attached hydrogens (tertiary/aromatic N) is 2. The lowest BCUT2D eigenvalue weighted by molar-refractivity contribution is -0.132. The first-order chi connectivity index (χ1) is 12.0. The van der Waals surface area contributed by atoms with Crippen LogP contribution in [0.15, 0.2) is 29.6 Å². The number of carbonyl (C=O) groups is 2. The van der Waals surface area contributed by atoms with Crippen molar-refractivity contribution in [3.8, 4) is 6.07 Å². The van der Waals surface area contributed by atoms with E-state index in [0.29, 0.717) is 6.42 Å². The van der Waals surface area contributed by atoms with Gasteiger partial charge < -0.3 is 5.32 Å². The topological polar surface area (TPSA) is 73.2 Å². The first-order valence-corrected chi connectivity index (χ1v) is 8.82. The van der Waals surface area contributed by atoms with Crippen molar-refractivity contribution in [1.29, 1.82) is 5.26 Å². The van der Waals surface area contributed by atoms with Gasteiger partial charge in [0.25, 0.3) is 5.91 Å². The molecule has 1 saturated heterocycles. The highest BCUT2D eigenvalue weighted by Crippen LogP contribution is 2.42. The fraction of sp³-hybridized carbons (Fsp3) is 0.278. The van der Waals surface area contributed by atoms with Crippen molar-refractivity contribution in [3.05, 3.63) is 57.0 Å². The van der Waals surface area contributed by atoms with Crippen LogP contribution in [0.3, 0.4) is 0 Å². The van der Waals surface area contributed by atoms with Crippen molar-refractivity contribution >= 4 is 23.3 Å². The van der Waals surface area contributed by atoms with Crippen LogP contribution in [0.2, 0.25) is 0 Å². The zero-order valence-electron chi connectivity index (χ0n) is 13.2. The zero-order chi connectivity index (χ0) is 17.6. The highest BCUT2D eigenvalue weighted by Gasteiger charge is 2.54. The molecule has 2 heterocycles. The van der Waals surface area contributed by atoms with Gasteiger partial charge in [0.05, 0.1) is 18.2 Å².